The second kappa shape index (κ2) is 8.57. The van der Waals surface area contributed by atoms with Crippen LogP contribution in [0.15, 0.2) is 48.8 Å². The molecule has 0 amide bonds. The van der Waals surface area contributed by atoms with E-state index in [9.17, 15) is 17.6 Å². The molecule has 0 aliphatic rings. The van der Waals surface area contributed by atoms with Crippen LogP contribution in [-0.2, 0) is 12.7 Å². The fraction of sp³-hybridized carbons (Fsp3) is 0.208. The van der Waals surface area contributed by atoms with E-state index in [2.05, 4.69) is 25.3 Å². The van der Waals surface area contributed by atoms with Gasteiger partial charge in [-0.3, -0.25) is 0 Å². The highest BCUT2D eigenvalue weighted by Gasteiger charge is 2.34. The molecule has 35 heavy (non-hydrogen) atoms. The number of aromatic amines is 1. The van der Waals surface area contributed by atoms with Crippen LogP contribution in [0.1, 0.15) is 11.5 Å². The van der Waals surface area contributed by atoms with Crippen LogP contribution in [0.4, 0.5) is 23.4 Å². The predicted molar refractivity (Wildman–Crippen MR) is 124 cm³/mol. The second-order valence-corrected chi connectivity index (χ2v) is 8.01. The molecule has 5 aromatic rings. The van der Waals surface area contributed by atoms with Gasteiger partial charge >= 0.3 is 6.18 Å². The molecule has 2 aromatic carbocycles. The van der Waals surface area contributed by atoms with E-state index in [0.717, 1.165) is 16.6 Å². The van der Waals surface area contributed by atoms with Crippen LogP contribution in [-0.4, -0.2) is 38.2 Å². The fourth-order valence-corrected chi connectivity index (χ4v) is 4.10. The number of aryl methyl sites for hydroxylation is 1. The Morgan fingerprint density at radius 1 is 1.09 bits per heavy atom. The van der Waals surface area contributed by atoms with Crippen LogP contribution in [0.2, 0.25) is 0 Å². The monoisotopic (exact) mass is 484 g/mol. The lowest BCUT2D eigenvalue weighted by Crippen LogP contribution is -2.12. The minimum atomic E-state index is -4.55. The van der Waals surface area contributed by atoms with E-state index >= 15 is 0 Å². The molecular weight excluding hydrogens is 464 g/mol. The number of hydrogen-bond acceptors (Lipinski definition) is 5. The third kappa shape index (κ3) is 4.36. The van der Waals surface area contributed by atoms with Crippen LogP contribution in [0.25, 0.3) is 33.2 Å². The minimum absolute atomic E-state index is 0.195. The van der Waals surface area contributed by atoms with Crippen LogP contribution < -0.4 is 10.1 Å². The summed E-state index contributed by atoms with van der Waals surface area (Å²) in [6.07, 6.45) is -3.17. The number of ether oxygens (including phenoxy) is 1. The van der Waals surface area contributed by atoms with Gasteiger partial charge in [0.1, 0.15) is 23.7 Å². The molecule has 7 nitrogen and oxygen atoms in total. The highest BCUT2D eigenvalue weighted by atomic mass is 19.4. The summed E-state index contributed by atoms with van der Waals surface area (Å²) in [6.45, 7) is 2.98. The molecule has 0 saturated carbocycles. The van der Waals surface area contributed by atoms with E-state index < -0.39 is 12.0 Å². The number of H-pyrrole nitrogens is 1. The van der Waals surface area contributed by atoms with Crippen molar-refractivity contribution in [2.24, 2.45) is 0 Å². The zero-order valence-electron chi connectivity index (χ0n) is 18.7. The smallest absolute Gasteiger partial charge is 0.449 e. The summed E-state index contributed by atoms with van der Waals surface area (Å²) in [4.78, 5) is 14.4. The molecule has 11 heteroatoms. The summed E-state index contributed by atoms with van der Waals surface area (Å²) < 4.78 is 60.2. The first kappa shape index (κ1) is 22.6. The molecule has 0 saturated heterocycles. The van der Waals surface area contributed by atoms with Crippen LogP contribution in [0.5, 0.6) is 5.75 Å². The average Bonchev–Trinajstić information content (AvgIpc) is 3.39. The van der Waals surface area contributed by atoms with Gasteiger partial charge in [-0.1, -0.05) is 6.07 Å². The van der Waals surface area contributed by atoms with E-state index in [1.54, 1.807) is 18.2 Å². The Bertz CT molecular complexity index is 1540. The number of nitrogens with zero attached hydrogens (tertiary/aromatic N) is 4. The van der Waals surface area contributed by atoms with Crippen molar-refractivity contribution in [3.8, 4) is 17.0 Å². The fourth-order valence-electron chi connectivity index (χ4n) is 4.10. The van der Waals surface area contributed by atoms with Gasteiger partial charge in [-0.2, -0.15) is 13.2 Å². The molecule has 0 aliphatic carbocycles. The summed E-state index contributed by atoms with van der Waals surface area (Å²) in [7, 11) is 1.51. The van der Waals surface area contributed by atoms with Gasteiger partial charge in [-0.05, 0) is 31.2 Å². The highest BCUT2D eigenvalue weighted by Crippen LogP contribution is 2.31. The maximum atomic E-state index is 14.0. The molecule has 0 spiro atoms. The molecule has 0 fully saturated rings. The Labute approximate surface area is 196 Å². The third-order valence-electron chi connectivity index (χ3n) is 5.73. The summed E-state index contributed by atoms with van der Waals surface area (Å²) in [6, 6.07) is 11.2. The van der Waals surface area contributed by atoms with Gasteiger partial charge in [-0.25, -0.2) is 19.3 Å². The molecule has 0 radical (unpaired) electrons. The Kier molecular flexibility index (Phi) is 5.54. The number of hydrogen-bond donors (Lipinski definition) is 2. The molecule has 0 atom stereocenters. The number of rotatable bonds is 6. The van der Waals surface area contributed by atoms with Crippen LogP contribution in [0, 0.1) is 12.7 Å². The Morgan fingerprint density at radius 2 is 1.91 bits per heavy atom. The molecule has 0 aliphatic heterocycles. The summed E-state index contributed by atoms with van der Waals surface area (Å²) in [5.74, 6) is -0.393. The van der Waals surface area contributed by atoms with E-state index in [0.29, 0.717) is 35.9 Å². The van der Waals surface area contributed by atoms with Crippen molar-refractivity contribution in [3.05, 3.63) is 66.1 Å². The number of aromatic nitrogens is 5. The number of benzene rings is 2. The first-order valence-corrected chi connectivity index (χ1v) is 10.7. The molecule has 2 N–H and O–H groups in total. The Hall–Kier alpha value is -4.15. The maximum absolute atomic E-state index is 14.0. The van der Waals surface area contributed by atoms with Crippen molar-refractivity contribution >= 4 is 27.8 Å². The number of anilines is 1. The minimum Gasteiger partial charge on any atom is -0.496 e. The zero-order chi connectivity index (χ0) is 24.7. The summed E-state index contributed by atoms with van der Waals surface area (Å²) in [5, 5.41) is 4.05. The lowest BCUT2D eigenvalue weighted by atomic mass is 10.1. The molecule has 0 unspecified atom stereocenters. The van der Waals surface area contributed by atoms with Crippen molar-refractivity contribution in [2.75, 3.05) is 19.0 Å². The largest absolute Gasteiger partial charge is 0.496 e. The van der Waals surface area contributed by atoms with E-state index in [-0.39, 0.29) is 16.9 Å². The number of imidazole rings is 1. The normalized spacial score (nSPS) is 11.9. The number of halogens is 4. The van der Waals surface area contributed by atoms with Gasteiger partial charge in [0.25, 0.3) is 0 Å². The first-order valence-electron chi connectivity index (χ1n) is 10.7. The molecule has 5 rings (SSSR count). The van der Waals surface area contributed by atoms with Crippen molar-refractivity contribution in [3.63, 3.8) is 0 Å². The molecule has 0 bridgehead atoms. The van der Waals surface area contributed by atoms with Crippen molar-refractivity contribution in [1.29, 1.82) is 0 Å². The quantitative estimate of drug-likeness (QED) is 0.309. The lowest BCUT2D eigenvalue weighted by Gasteiger charge is -2.11. The third-order valence-corrected chi connectivity index (χ3v) is 5.73. The topological polar surface area (TPSA) is 80.6 Å². The Morgan fingerprint density at radius 3 is 2.69 bits per heavy atom. The molecule has 180 valence electrons. The number of methoxy groups -OCH3 is 1. The first-order chi connectivity index (χ1) is 16.7. The van der Waals surface area contributed by atoms with Gasteiger partial charge in [0, 0.05) is 41.9 Å². The number of nitrogens with one attached hydrogen (secondary N) is 2. The summed E-state index contributed by atoms with van der Waals surface area (Å²) in [5.41, 5.74) is 3.32. The SMILES string of the molecule is COc1cc(F)cc2c1cc(C)n2CCNc1cc(-c2ccc3[nH]c(C(F)(F)F)nc3c2)ncn1. The molecule has 3 aromatic heterocycles. The zero-order valence-corrected chi connectivity index (χ0v) is 18.7. The second-order valence-electron chi connectivity index (χ2n) is 8.01. The highest BCUT2D eigenvalue weighted by molar-refractivity contribution is 5.87. The average molecular weight is 484 g/mol. The standard InChI is InChI=1S/C24H20F4N6O/c1-13-7-16-20(9-15(25)10-21(16)35-2)34(13)6-5-29-22-11-18(30-12-31-22)14-3-4-17-19(8-14)33-23(32-17)24(26,27)28/h3-4,7-12H,5-6H2,1-2H3,(H,32,33)(H,29,30,31). The van der Waals surface area contributed by atoms with E-state index in [1.807, 2.05) is 17.6 Å². The Balaban J connectivity index is 1.34. The van der Waals surface area contributed by atoms with E-state index in [4.69, 9.17) is 4.74 Å². The van der Waals surface area contributed by atoms with Crippen molar-refractivity contribution in [1.82, 2.24) is 24.5 Å². The van der Waals surface area contributed by atoms with Crippen molar-refractivity contribution in [2.45, 2.75) is 19.6 Å². The number of fused-ring (bicyclic) bond motifs is 2. The van der Waals surface area contributed by atoms with Gasteiger partial charge < -0.3 is 19.6 Å². The molecular formula is C24H20F4N6O. The summed E-state index contributed by atoms with van der Waals surface area (Å²) >= 11 is 0. The lowest BCUT2D eigenvalue weighted by molar-refractivity contribution is -0.144. The molecule has 3 heterocycles. The van der Waals surface area contributed by atoms with Crippen LogP contribution in [0.3, 0.4) is 0 Å². The number of alkyl halides is 3. The predicted octanol–water partition coefficient (Wildman–Crippen LogP) is 5.56. The van der Waals surface area contributed by atoms with Gasteiger partial charge in [-0.15, -0.1) is 0 Å². The van der Waals surface area contributed by atoms with Gasteiger partial charge in [0.15, 0.2) is 0 Å². The van der Waals surface area contributed by atoms with Crippen molar-refractivity contribution < 1.29 is 22.3 Å². The van der Waals surface area contributed by atoms with Crippen LogP contribution >= 0.6 is 0 Å². The van der Waals surface area contributed by atoms with Gasteiger partial charge in [0.05, 0.1) is 29.4 Å². The van der Waals surface area contributed by atoms with Gasteiger partial charge in [0.2, 0.25) is 5.82 Å². The van der Waals surface area contributed by atoms with E-state index in [1.165, 1.54) is 31.6 Å². The maximum Gasteiger partial charge on any atom is 0.449 e.